The Balaban J connectivity index is 1.46. The molecule has 1 saturated heterocycles. The van der Waals surface area contributed by atoms with Crippen molar-refractivity contribution in [2.45, 2.75) is 25.3 Å². The molecule has 0 aliphatic carbocycles. The summed E-state index contributed by atoms with van der Waals surface area (Å²) in [6.07, 6.45) is 0.241. The van der Waals surface area contributed by atoms with Gasteiger partial charge in [0, 0.05) is 23.6 Å². The lowest BCUT2D eigenvalue weighted by molar-refractivity contribution is -0.139. The van der Waals surface area contributed by atoms with Crippen molar-refractivity contribution in [2.75, 3.05) is 5.75 Å². The maximum atomic E-state index is 12.6. The Kier molecular flexibility index (Phi) is 5.28. The number of rotatable bonds is 5. The highest BCUT2D eigenvalue weighted by Crippen LogP contribution is 2.40. The summed E-state index contributed by atoms with van der Waals surface area (Å²) in [4.78, 5) is 29.4. The standard InChI is InChI=1S/C20H19ClN4O2S/c1-13-22-16-8-4-5-9-17(16)24(13)11-10-18(26)23-25-19(27)12-28-20(25)14-6-2-3-7-15(14)21/h2-9,20H,10-12H2,1H3,(H,23,26). The molecule has 2 amide bonds. The van der Waals surface area contributed by atoms with E-state index in [1.807, 2.05) is 54.0 Å². The number of para-hydroxylation sites is 2. The molecule has 6 nitrogen and oxygen atoms in total. The third kappa shape index (κ3) is 3.59. The van der Waals surface area contributed by atoms with Crippen molar-refractivity contribution in [2.24, 2.45) is 0 Å². The van der Waals surface area contributed by atoms with Crippen LogP contribution in [0.15, 0.2) is 48.5 Å². The molecule has 1 unspecified atom stereocenters. The predicted molar refractivity (Wildman–Crippen MR) is 111 cm³/mol. The Hall–Kier alpha value is -2.51. The monoisotopic (exact) mass is 414 g/mol. The fourth-order valence-electron chi connectivity index (χ4n) is 3.33. The number of benzene rings is 2. The lowest BCUT2D eigenvalue weighted by atomic mass is 10.2. The minimum Gasteiger partial charge on any atom is -0.328 e. The molecular weight excluding hydrogens is 396 g/mol. The number of thioether (sulfide) groups is 1. The van der Waals surface area contributed by atoms with Crippen molar-refractivity contribution < 1.29 is 9.59 Å². The number of aromatic nitrogens is 2. The van der Waals surface area contributed by atoms with Crippen LogP contribution in [0.3, 0.4) is 0 Å². The number of amides is 2. The molecule has 0 spiro atoms. The topological polar surface area (TPSA) is 67.2 Å². The largest absolute Gasteiger partial charge is 0.328 e. The van der Waals surface area contributed by atoms with Gasteiger partial charge in [-0.2, -0.15) is 0 Å². The molecule has 1 aliphatic rings. The summed E-state index contributed by atoms with van der Waals surface area (Å²) >= 11 is 7.73. The van der Waals surface area contributed by atoms with E-state index in [1.54, 1.807) is 6.07 Å². The van der Waals surface area contributed by atoms with E-state index in [2.05, 4.69) is 10.4 Å². The van der Waals surface area contributed by atoms with Gasteiger partial charge in [-0.25, -0.2) is 9.99 Å². The van der Waals surface area contributed by atoms with Crippen LogP contribution < -0.4 is 5.43 Å². The summed E-state index contributed by atoms with van der Waals surface area (Å²) in [5.41, 5.74) is 5.49. The number of nitrogens with one attached hydrogen (secondary N) is 1. The SMILES string of the molecule is Cc1nc2ccccc2n1CCC(=O)NN1C(=O)CSC1c1ccccc1Cl. The van der Waals surface area contributed by atoms with Gasteiger partial charge in [-0.1, -0.05) is 41.9 Å². The van der Waals surface area contributed by atoms with E-state index in [-0.39, 0.29) is 23.6 Å². The maximum absolute atomic E-state index is 12.6. The first-order valence-corrected chi connectivity index (χ1v) is 10.4. The van der Waals surface area contributed by atoms with Crippen molar-refractivity contribution >= 4 is 46.2 Å². The van der Waals surface area contributed by atoms with Crippen LogP contribution in [-0.4, -0.2) is 32.1 Å². The van der Waals surface area contributed by atoms with Gasteiger partial charge in [0.15, 0.2) is 0 Å². The molecule has 1 fully saturated rings. The average molecular weight is 415 g/mol. The second kappa shape index (κ2) is 7.85. The lowest BCUT2D eigenvalue weighted by Crippen LogP contribution is -2.44. The molecule has 28 heavy (non-hydrogen) atoms. The van der Waals surface area contributed by atoms with Gasteiger partial charge in [0.1, 0.15) is 11.2 Å². The zero-order chi connectivity index (χ0) is 19.7. The van der Waals surface area contributed by atoms with Crippen LogP contribution in [0.5, 0.6) is 0 Å². The third-order valence-corrected chi connectivity index (χ3v) is 6.23. The highest BCUT2D eigenvalue weighted by atomic mass is 35.5. The summed E-state index contributed by atoms with van der Waals surface area (Å²) in [6.45, 7) is 2.41. The van der Waals surface area contributed by atoms with E-state index >= 15 is 0 Å². The second-order valence-corrected chi connectivity index (χ2v) is 8.01. The van der Waals surface area contributed by atoms with Crippen LogP contribution in [0, 0.1) is 6.92 Å². The Bertz CT molecular complexity index is 1050. The Labute approximate surface area is 171 Å². The minimum atomic E-state index is -0.319. The molecule has 1 N–H and O–H groups in total. The number of halogens is 1. The number of imidazole rings is 1. The first kappa shape index (κ1) is 18.8. The number of carbonyl (C=O) groups is 2. The van der Waals surface area contributed by atoms with Crippen LogP contribution >= 0.6 is 23.4 Å². The number of carbonyl (C=O) groups excluding carboxylic acids is 2. The molecule has 2 aromatic carbocycles. The summed E-state index contributed by atoms with van der Waals surface area (Å²) in [7, 11) is 0. The molecule has 0 saturated carbocycles. The minimum absolute atomic E-state index is 0.132. The molecule has 0 radical (unpaired) electrons. The van der Waals surface area contributed by atoms with Crippen molar-refractivity contribution in [3.63, 3.8) is 0 Å². The first-order chi connectivity index (χ1) is 13.5. The van der Waals surface area contributed by atoms with E-state index < -0.39 is 0 Å². The summed E-state index contributed by atoms with van der Waals surface area (Å²) in [5.74, 6) is 0.815. The van der Waals surface area contributed by atoms with Gasteiger partial charge in [0.05, 0.1) is 16.8 Å². The highest BCUT2D eigenvalue weighted by molar-refractivity contribution is 8.00. The molecule has 1 aromatic heterocycles. The quantitative estimate of drug-likeness (QED) is 0.691. The maximum Gasteiger partial charge on any atom is 0.252 e. The lowest BCUT2D eigenvalue weighted by Gasteiger charge is -2.25. The summed E-state index contributed by atoms with van der Waals surface area (Å²) in [5, 5.41) is 1.66. The van der Waals surface area contributed by atoms with Gasteiger partial charge >= 0.3 is 0 Å². The van der Waals surface area contributed by atoms with Gasteiger partial charge in [-0.15, -0.1) is 11.8 Å². The Morgan fingerprint density at radius 3 is 2.82 bits per heavy atom. The van der Waals surface area contributed by atoms with Crippen LogP contribution in [-0.2, 0) is 16.1 Å². The number of nitrogens with zero attached hydrogens (tertiary/aromatic N) is 3. The van der Waals surface area contributed by atoms with Gasteiger partial charge in [0.2, 0.25) is 5.91 Å². The highest BCUT2D eigenvalue weighted by Gasteiger charge is 2.35. The van der Waals surface area contributed by atoms with Crippen LogP contribution in [0.2, 0.25) is 5.02 Å². The number of aryl methyl sites for hydroxylation is 2. The first-order valence-electron chi connectivity index (χ1n) is 8.94. The number of fused-ring (bicyclic) bond motifs is 1. The average Bonchev–Trinajstić information content (AvgIpc) is 3.20. The molecule has 3 aromatic rings. The fraction of sp³-hybridized carbons (Fsp3) is 0.250. The van der Waals surface area contributed by atoms with Crippen molar-refractivity contribution in [1.29, 1.82) is 0 Å². The molecule has 1 atom stereocenters. The molecule has 1 aliphatic heterocycles. The van der Waals surface area contributed by atoms with Crippen LogP contribution in [0.4, 0.5) is 0 Å². The molecule has 8 heteroatoms. The van der Waals surface area contributed by atoms with Crippen molar-refractivity contribution in [3.05, 3.63) is 64.9 Å². The van der Waals surface area contributed by atoms with E-state index in [0.717, 1.165) is 22.4 Å². The second-order valence-electron chi connectivity index (χ2n) is 6.53. The van der Waals surface area contributed by atoms with Gasteiger partial charge < -0.3 is 4.57 Å². The Morgan fingerprint density at radius 1 is 1.25 bits per heavy atom. The zero-order valence-electron chi connectivity index (χ0n) is 15.3. The van der Waals surface area contributed by atoms with Crippen molar-refractivity contribution in [3.8, 4) is 0 Å². The number of hydrogen-bond donors (Lipinski definition) is 1. The molecule has 4 rings (SSSR count). The van der Waals surface area contributed by atoms with E-state index in [9.17, 15) is 9.59 Å². The summed E-state index contributed by atoms with van der Waals surface area (Å²) in [6, 6.07) is 15.2. The fourth-order valence-corrected chi connectivity index (χ4v) is 4.78. The Morgan fingerprint density at radius 2 is 2.00 bits per heavy atom. The van der Waals surface area contributed by atoms with Crippen LogP contribution in [0.25, 0.3) is 11.0 Å². The molecule has 2 heterocycles. The normalized spacial score (nSPS) is 16.7. The smallest absolute Gasteiger partial charge is 0.252 e. The molecule has 144 valence electrons. The van der Waals surface area contributed by atoms with E-state index in [0.29, 0.717) is 17.3 Å². The van der Waals surface area contributed by atoms with Gasteiger partial charge in [0.25, 0.3) is 5.91 Å². The molecular formula is C20H19ClN4O2S. The summed E-state index contributed by atoms with van der Waals surface area (Å²) < 4.78 is 2.01. The van der Waals surface area contributed by atoms with Crippen LogP contribution in [0.1, 0.15) is 23.2 Å². The van der Waals surface area contributed by atoms with Crippen molar-refractivity contribution in [1.82, 2.24) is 20.0 Å². The van der Waals surface area contributed by atoms with E-state index in [4.69, 9.17) is 11.6 Å². The number of hydrazine groups is 1. The van der Waals surface area contributed by atoms with E-state index in [1.165, 1.54) is 16.8 Å². The number of hydrogen-bond acceptors (Lipinski definition) is 4. The van der Waals surface area contributed by atoms with Gasteiger partial charge in [-0.3, -0.25) is 15.0 Å². The molecule has 0 bridgehead atoms. The predicted octanol–water partition coefficient (Wildman–Crippen LogP) is 3.69. The van der Waals surface area contributed by atoms with Gasteiger partial charge in [-0.05, 0) is 25.1 Å². The third-order valence-electron chi connectivity index (χ3n) is 4.69. The zero-order valence-corrected chi connectivity index (χ0v) is 16.8.